The summed E-state index contributed by atoms with van der Waals surface area (Å²) >= 11 is 5.12. The van der Waals surface area contributed by atoms with E-state index in [0.717, 1.165) is 13.0 Å². The average Bonchev–Trinajstić information content (AvgIpc) is 2.51. The molecule has 5 heteroatoms. The molecule has 1 heterocycles. The minimum Gasteiger partial charge on any atom is -0.312 e. The fourth-order valence-corrected chi connectivity index (χ4v) is 3.56. The van der Waals surface area contributed by atoms with Crippen LogP contribution in [0.2, 0.25) is 0 Å². The molecule has 12 heavy (non-hydrogen) atoms. The van der Waals surface area contributed by atoms with E-state index in [0.29, 0.717) is 12.0 Å². The molecule has 0 radical (unpaired) electrons. The average molecular weight is 208 g/mol. The van der Waals surface area contributed by atoms with E-state index in [4.69, 9.17) is 25.4 Å². The summed E-state index contributed by atoms with van der Waals surface area (Å²) in [5.74, 6) is 0.566. The summed E-state index contributed by atoms with van der Waals surface area (Å²) in [6.07, 6.45) is 3.88. The van der Waals surface area contributed by atoms with Crippen molar-refractivity contribution in [2.75, 3.05) is 13.7 Å². The molecule has 1 saturated carbocycles. The zero-order valence-corrected chi connectivity index (χ0v) is 8.77. The molecule has 0 bridgehead atoms. The molecule has 0 amide bonds. The molecule has 0 aromatic heterocycles. The van der Waals surface area contributed by atoms with Crippen LogP contribution < -0.4 is 0 Å². The van der Waals surface area contributed by atoms with Gasteiger partial charge in [-0.05, 0) is 24.6 Å². The van der Waals surface area contributed by atoms with E-state index in [1.54, 1.807) is 7.11 Å². The molecule has 1 aliphatic heterocycles. The van der Waals surface area contributed by atoms with Crippen LogP contribution in [0.1, 0.15) is 19.3 Å². The van der Waals surface area contributed by atoms with E-state index in [1.807, 2.05) is 0 Å². The van der Waals surface area contributed by atoms with Gasteiger partial charge >= 0.3 is 6.72 Å². The summed E-state index contributed by atoms with van der Waals surface area (Å²) in [5, 5.41) is 0. The smallest absolute Gasteiger partial charge is 0.312 e. The highest BCUT2D eigenvalue weighted by atomic mass is 32.5. The Morgan fingerprint density at radius 2 is 2.33 bits per heavy atom. The first kappa shape index (κ1) is 9.10. The van der Waals surface area contributed by atoms with Gasteiger partial charge in [0.15, 0.2) is 0 Å². The fraction of sp³-hybridized carbons (Fsp3) is 1.00. The first-order chi connectivity index (χ1) is 5.73. The van der Waals surface area contributed by atoms with Crippen molar-refractivity contribution in [3.8, 4) is 0 Å². The summed E-state index contributed by atoms with van der Waals surface area (Å²) < 4.78 is 16.1. The Labute approximate surface area is 77.6 Å². The lowest BCUT2D eigenvalue weighted by Gasteiger charge is -2.32. The topological polar surface area (TPSA) is 27.7 Å². The van der Waals surface area contributed by atoms with Crippen LogP contribution in [-0.2, 0) is 25.4 Å². The standard InChI is InChI=1S/C7H13O3PS/c1-8-11(12)9-5-6-3-2-4-7(6)10-11/h6-7H,2-5H2,1H3/t6-,7+,11-/m1/s1. The van der Waals surface area contributed by atoms with Crippen LogP contribution in [0, 0.1) is 5.92 Å². The minimum atomic E-state index is -2.33. The Morgan fingerprint density at radius 1 is 1.50 bits per heavy atom. The van der Waals surface area contributed by atoms with Crippen LogP contribution in [0.4, 0.5) is 0 Å². The van der Waals surface area contributed by atoms with Crippen molar-refractivity contribution < 1.29 is 13.6 Å². The molecule has 0 spiro atoms. The molecule has 0 aromatic rings. The first-order valence-electron chi connectivity index (χ1n) is 4.22. The lowest BCUT2D eigenvalue weighted by Crippen LogP contribution is -2.27. The van der Waals surface area contributed by atoms with Crippen molar-refractivity contribution in [3.05, 3.63) is 0 Å². The maximum Gasteiger partial charge on any atom is 0.327 e. The molecule has 2 rings (SSSR count). The zero-order valence-electron chi connectivity index (χ0n) is 7.06. The molecule has 3 atom stereocenters. The second-order valence-corrected chi connectivity index (χ2v) is 6.33. The van der Waals surface area contributed by atoms with Gasteiger partial charge in [-0.3, -0.25) is 0 Å². The molecule has 2 fully saturated rings. The highest BCUT2D eigenvalue weighted by Crippen LogP contribution is 2.56. The van der Waals surface area contributed by atoms with Crippen molar-refractivity contribution >= 4 is 18.5 Å². The largest absolute Gasteiger partial charge is 0.327 e. The lowest BCUT2D eigenvalue weighted by atomic mass is 10.1. The van der Waals surface area contributed by atoms with Crippen LogP contribution in [0.3, 0.4) is 0 Å². The van der Waals surface area contributed by atoms with Gasteiger partial charge in [-0.1, -0.05) is 6.42 Å². The Kier molecular flexibility index (Phi) is 2.54. The van der Waals surface area contributed by atoms with Gasteiger partial charge in [0.05, 0.1) is 12.7 Å². The maximum absolute atomic E-state index is 5.63. The van der Waals surface area contributed by atoms with Crippen LogP contribution in [-0.4, -0.2) is 19.8 Å². The summed E-state index contributed by atoms with van der Waals surface area (Å²) in [5.41, 5.74) is 0. The van der Waals surface area contributed by atoms with E-state index < -0.39 is 6.72 Å². The van der Waals surface area contributed by atoms with Gasteiger partial charge in [0.2, 0.25) is 0 Å². The van der Waals surface area contributed by atoms with Gasteiger partial charge < -0.3 is 13.6 Å². The number of rotatable bonds is 1. The van der Waals surface area contributed by atoms with Crippen LogP contribution in [0.15, 0.2) is 0 Å². The third-order valence-corrected chi connectivity index (χ3v) is 4.99. The Hall–Kier alpha value is 0.530. The van der Waals surface area contributed by atoms with E-state index in [-0.39, 0.29) is 0 Å². The first-order valence-corrected chi connectivity index (χ1v) is 6.78. The molecule has 70 valence electrons. The molecule has 1 aliphatic carbocycles. The van der Waals surface area contributed by atoms with Gasteiger partial charge in [-0.2, -0.15) is 0 Å². The van der Waals surface area contributed by atoms with Crippen molar-refractivity contribution in [1.82, 2.24) is 0 Å². The fourth-order valence-electron chi connectivity index (χ4n) is 1.81. The van der Waals surface area contributed by atoms with Crippen molar-refractivity contribution in [2.24, 2.45) is 5.92 Å². The van der Waals surface area contributed by atoms with Crippen molar-refractivity contribution in [3.63, 3.8) is 0 Å². The van der Waals surface area contributed by atoms with Crippen molar-refractivity contribution in [1.29, 1.82) is 0 Å². The molecular weight excluding hydrogens is 195 g/mol. The minimum absolute atomic E-state index is 0.310. The molecule has 1 saturated heterocycles. The highest BCUT2D eigenvalue weighted by molar-refractivity contribution is 8.07. The predicted molar refractivity (Wildman–Crippen MR) is 49.5 cm³/mol. The molecule has 3 nitrogen and oxygen atoms in total. The van der Waals surface area contributed by atoms with E-state index in [2.05, 4.69) is 0 Å². The van der Waals surface area contributed by atoms with E-state index >= 15 is 0 Å². The summed E-state index contributed by atoms with van der Waals surface area (Å²) in [6, 6.07) is 0. The third kappa shape index (κ3) is 1.59. The second kappa shape index (κ2) is 3.35. The molecule has 0 unspecified atom stereocenters. The summed E-state index contributed by atoms with van der Waals surface area (Å²) in [7, 11) is 1.57. The Bertz CT molecular complexity index is 221. The zero-order chi connectivity index (χ0) is 8.60. The number of hydrogen-bond donors (Lipinski definition) is 0. The van der Waals surface area contributed by atoms with Gasteiger partial charge in [0.1, 0.15) is 0 Å². The van der Waals surface area contributed by atoms with Crippen LogP contribution in [0.25, 0.3) is 0 Å². The van der Waals surface area contributed by atoms with Gasteiger partial charge in [-0.15, -0.1) is 0 Å². The normalized spacial score (nSPS) is 47.4. The third-order valence-electron chi connectivity index (χ3n) is 2.52. The van der Waals surface area contributed by atoms with Crippen LogP contribution in [0.5, 0.6) is 0 Å². The monoisotopic (exact) mass is 208 g/mol. The Morgan fingerprint density at radius 3 is 3.08 bits per heavy atom. The lowest BCUT2D eigenvalue weighted by molar-refractivity contribution is 0.0344. The quantitative estimate of drug-likeness (QED) is 0.616. The maximum atomic E-state index is 5.63. The molecular formula is C7H13O3PS. The van der Waals surface area contributed by atoms with Crippen LogP contribution >= 0.6 is 6.72 Å². The predicted octanol–water partition coefficient (Wildman–Crippen LogP) is 2.07. The number of hydrogen-bond acceptors (Lipinski definition) is 4. The molecule has 0 aromatic carbocycles. The molecule has 0 N–H and O–H groups in total. The molecule has 2 aliphatic rings. The van der Waals surface area contributed by atoms with Gasteiger partial charge in [0.25, 0.3) is 0 Å². The summed E-state index contributed by atoms with van der Waals surface area (Å²) in [6.45, 7) is -1.60. The second-order valence-electron chi connectivity index (χ2n) is 3.26. The van der Waals surface area contributed by atoms with E-state index in [9.17, 15) is 0 Å². The number of fused-ring (bicyclic) bond motifs is 1. The SMILES string of the molecule is CO[P@@]1(=S)OC[C@H]2CCC[C@@H]2O1. The van der Waals surface area contributed by atoms with Gasteiger partial charge in [-0.25, -0.2) is 0 Å². The highest BCUT2D eigenvalue weighted by Gasteiger charge is 2.39. The van der Waals surface area contributed by atoms with Crippen molar-refractivity contribution in [2.45, 2.75) is 25.4 Å². The Balaban J connectivity index is 2.05. The summed E-state index contributed by atoms with van der Waals surface area (Å²) in [4.78, 5) is 0. The van der Waals surface area contributed by atoms with Gasteiger partial charge in [0, 0.05) is 13.0 Å². The van der Waals surface area contributed by atoms with E-state index in [1.165, 1.54) is 12.8 Å².